The number of amides is 1. The molecule has 0 bridgehead atoms. The zero-order valence-electron chi connectivity index (χ0n) is 10.4. The van der Waals surface area contributed by atoms with Crippen molar-refractivity contribution in [1.82, 2.24) is 10.6 Å². The van der Waals surface area contributed by atoms with Gasteiger partial charge in [0.2, 0.25) is 0 Å². The summed E-state index contributed by atoms with van der Waals surface area (Å²) < 4.78 is 0. The topological polar surface area (TPSA) is 61.4 Å². The number of rotatable bonds is 6. The van der Waals surface area contributed by atoms with E-state index in [1.807, 2.05) is 19.1 Å². The molecule has 3 N–H and O–H groups in total. The molecule has 1 aromatic carbocycles. The maximum Gasteiger partial charge on any atom is 0.251 e. The summed E-state index contributed by atoms with van der Waals surface area (Å²) in [6, 6.07) is 7.57. The number of hydrogen-bond donors (Lipinski definition) is 3. The Labute approximate surface area is 102 Å². The molecule has 1 amide bonds. The molecule has 0 heterocycles. The van der Waals surface area contributed by atoms with Crippen molar-refractivity contribution >= 4 is 5.91 Å². The normalized spacial score (nSPS) is 12.2. The van der Waals surface area contributed by atoms with Crippen LogP contribution in [-0.2, 0) is 6.54 Å². The van der Waals surface area contributed by atoms with Gasteiger partial charge in [0, 0.05) is 25.2 Å². The molecule has 0 aromatic heterocycles. The van der Waals surface area contributed by atoms with Gasteiger partial charge in [0.05, 0.1) is 6.61 Å². The van der Waals surface area contributed by atoms with Gasteiger partial charge in [-0.1, -0.05) is 19.1 Å². The van der Waals surface area contributed by atoms with Crippen molar-refractivity contribution in [3.8, 4) is 0 Å². The molecule has 4 nitrogen and oxygen atoms in total. The second-order valence-corrected chi connectivity index (χ2v) is 3.94. The molecular formula is C13H20N2O2. The summed E-state index contributed by atoms with van der Waals surface area (Å²) in [7, 11) is 1.62. The lowest BCUT2D eigenvalue weighted by atomic mass is 10.1. The smallest absolute Gasteiger partial charge is 0.251 e. The van der Waals surface area contributed by atoms with E-state index >= 15 is 0 Å². The van der Waals surface area contributed by atoms with Gasteiger partial charge in [-0.2, -0.15) is 0 Å². The van der Waals surface area contributed by atoms with E-state index in [1.54, 1.807) is 19.2 Å². The molecule has 0 aliphatic heterocycles. The molecule has 0 radical (unpaired) electrons. The third-order valence-electron chi connectivity index (χ3n) is 2.75. The van der Waals surface area contributed by atoms with Gasteiger partial charge in [-0.3, -0.25) is 4.79 Å². The van der Waals surface area contributed by atoms with Gasteiger partial charge < -0.3 is 15.7 Å². The number of nitrogens with one attached hydrogen (secondary N) is 2. The van der Waals surface area contributed by atoms with Crippen molar-refractivity contribution in [2.45, 2.75) is 25.9 Å². The predicted molar refractivity (Wildman–Crippen MR) is 67.8 cm³/mol. The van der Waals surface area contributed by atoms with Crippen LogP contribution in [0.1, 0.15) is 29.3 Å². The lowest BCUT2D eigenvalue weighted by molar-refractivity contribution is 0.0963. The number of hydrogen-bond acceptors (Lipinski definition) is 3. The van der Waals surface area contributed by atoms with Gasteiger partial charge in [-0.05, 0) is 24.1 Å². The largest absolute Gasteiger partial charge is 0.395 e. The summed E-state index contributed by atoms with van der Waals surface area (Å²) in [4.78, 5) is 11.3. The molecule has 0 spiro atoms. The number of carbonyl (C=O) groups excluding carboxylic acids is 1. The van der Waals surface area contributed by atoms with Crippen molar-refractivity contribution in [1.29, 1.82) is 0 Å². The summed E-state index contributed by atoms with van der Waals surface area (Å²) in [6.45, 7) is 2.88. The van der Waals surface area contributed by atoms with Crippen LogP contribution in [-0.4, -0.2) is 30.7 Å². The van der Waals surface area contributed by atoms with Crippen molar-refractivity contribution in [3.05, 3.63) is 35.4 Å². The second kappa shape index (κ2) is 7.04. The first-order valence-electron chi connectivity index (χ1n) is 5.86. The number of aliphatic hydroxyl groups is 1. The number of aliphatic hydroxyl groups excluding tert-OH is 1. The number of carbonyl (C=O) groups is 1. The monoisotopic (exact) mass is 236 g/mol. The molecule has 0 aliphatic carbocycles. The first-order chi connectivity index (χ1) is 8.21. The Bertz CT molecular complexity index is 345. The molecule has 1 unspecified atom stereocenters. The highest BCUT2D eigenvalue weighted by Gasteiger charge is 2.05. The van der Waals surface area contributed by atoms with Crippen LogP contribution >= 0.6 is 0 Å². The molecule has 0 aliphatic rings. The van der Waals surface area contributed by atoms with Gasteiger partial charge in [0.1, 0.15) is 0 Å². The Kier molecular flexibility index (Phi) is 5.66. The van der Waals surface area contributed by atoms with Crippen LogP contribution in [0.3, 0.4) is 0 Å². The van der Waals surface area contributed by atoms with E-state index in [0.717, 1.165) is 12.0 Å². The summed E-state index contributed by atoms with van der Waals surface area (Å²) >= 11 is 0. The van der Waals surface area contributed by atoms with E-state index in [9.17, 15) is 4.79 Å². The molecular weight excluding hydrogens is 216 g/mol. The summed E-state index contributed by atoms with van der Waals surface area (Å²) in [5.41, 5.74) is 1.76. The Morgan fingerprint density at radius 2 is 2.00 bits per heavy atom. The molecule has 1 rings (SSSR count). The van der Waals surface area contributed by atoms with E-state index in [-0.39, 0.29) is 18.6 Å². The van der Waals surface area contributed by atoms with Crippen molar-refractivity contribution in [2.75, 3.05) is 13.7 Å². The van der Waals surface area contributed by atoms with Crippen LogP contribution < -0.4 is 10.6 Å². The van der Waals surface area contributed by atoms with Crippen molar-refractivity contribution in [2.24, 2.45) is 0 Å². The molecule has 0 saturated carbocycles. The molecule has 4 heteroatoms. The highest BCUT2D eigenvalue weighted by Crippen LogP contribution is 2.05. The van der Waals surface area contributed by atoms with Crippen LogP contribution in [0.25, 0.3) is 0 Å². The third kappa shape index (κ3) is 4.17. The minimum atomic E-state index is -0.0775. The number of benzene rings is 1. The highest BCUT2D eigenvalue weighted by molar-refractivity contribution is 5.93. The third-order valence-corrected chi connectivity index (χ3v) is 2.75. The summed E-state index contributed by atoms with van der Waals surface area (Å²) in [5, 5.41) is 14.9. The first-order valence-corrected chi connectivity index (χ1v) is 5.86. The fourth-order valence-corrected chi connectivity index (χ4v) is 1.52. The molecule has 17 heavy (non-hydrogen) atoms. The molecule has 0 fully saturated rings. The molecule has 1 aromatic rings. The molecule has 0 saturated heterocycles. The highest BCUT2D eigenvalue weighted by atomic mass is 16.3. The summed E-state index contributed by atoms with van der Waals surface area (Å²) in [6.07, 6.45) is 0.896. The average Bonchev–Trinajstić information content (AvgIpc) is 2.39. The van der Waals surface area contributed by atoms with Gasteiger partial charge in [0.15, 0.2) is 0 Å². The average molecular weight is 236 g/mol. The van der Waals surface area contributed by atoms with E-state index in [0.29, 0.717) is 12.1 Å². The molecule has 94 valence electrons. The minimum Gasteiger partial charge on any atom is -0.395 e. The van der Waals surface area contributed by atoms with Crippen LogP contribution in [0.5, 0.6) is 0 Å². The van der Waals surface area contributed by atoms with Gasteiger partial charge in [-0.15, -0.1) is 0 Å². The van der Waals surface area contributed by atoms with Gasteiger partial charge >= 0.3 is 0 Å². The molecule has 1 atom stereocenters. The second-order valence-electron chi connectivity index (χ2n) is 3.94. The fourth-order valence-electron chi connectivity index (χ4n) is 1.52. The van der Waals surface area contributed by atoms with Crippen molar-refractivity contribution in [3.63, 3.8) is 0 Å². The van der Waals surface area contributed by atoms with E-state index in [4.69, 9.17) is 5.11 Å². The zero-order valence-corrected chi connectivity index (χ0v) is 10.4. The minimum absolute atomic E-state index is 0.0775. The van der Waals surface area contributed by atoms with E-state index in [1.165, 1.54) is 0 Å². The van der Waals surface area contributed by atoms with Crippen LogP contribution in [0.4, 0.5) is 0 Å². The van der Waals surface area contributed by atoms with E-state index in [2.05, 4.69) is 10.6 Å². The Balaban J connectivity index is 2.53. The zero-order chi connectivity index (χ0) is 12.7. The van der Waals surface area contributed by atoms with Crippen LogP contribution in [0, 0.1) is 0 Å². The van der Waals surface area contributed by atoms with Crippen molar-refractivity contribution < 1.29 is 9.90 Å². The predicted octanol–water partition coefficient (Wildman–Crippen LogP) is 0.907. The Morgan fingerprint density at radius 3 is 2.47 bits per heavy atom. The lowest BCUT2D eigenvalue weighted by Gasteiger charge is -2.13. The quantitative estimate of drug-likeness (QED) is 0.688. The first kappa shape index (κ1) is 13.7. The van der Waals surface area contributed by atoms with Gasteiger partial charge in [0.25, 0.3) is 5.91 Å². The Hall–Kier alpha value is -1.39. The van der Waals surface area contributed by atoms with Crippen LogP contribution in [0.2, 0.25) is 0 Å². The van der Waals surface area contributed by atoms with E-state index < -0.39 is 0 Å². The van der Waals surface area contributed by atoms with Crippen LogP contribution in [0.15, 0.2) is 24.3 Å². The maximum absolute atomic E-state index is 11.3. The standard InChI is InChI=1S/C13H20N2O2/c1-3-12(9-16)15-8-10-4-6-11(7-5-10)13(17)14-2/h4-7,12,15-16H,3,8-9H2,1-2H3,(H,14,17). The fraction of sp³-hybridized carbons (Fsp3) is 0.462. The lowest BCUT2D eigenvalue weighted by Crippen LogP contribution is -2.31. The maximum atomic E-state index is 11.3. The summed E-state index contributed by atoms with van der Waals surface area (Å²) in [5.74, 6) is -0.0775. The Morgan fingerprint density at radius 1 is 1.35 bits per heavy atom. The SMILES string of the molecule is CCC(CO)NCc1ccc(C(=O)NC)cc1. The van der Waals surface area contributed by atoms with Gasteiger partial charge in [-0.25, -0.2) is 0 Å².